The average Bonchev–Trinajstić information content (AvgIpc) is 2.95. The summed E-state index contributed by atoms with van der Waals surface area (Å²) in [6.45, 7) is 6.63. The molecule has 0 aliphatic heterocycles. The molecule has 0 saturated carbocycles. The maximum absolute atomic E-state index is 12.3. The van der Waals surface area contributed by atoms with Gasteiger partial charge in [0.05, 0.1) is 19.9 Å². The summed E-state index contributed by atoms with van der Waals surface area (Å²) >= 11 is 6.35. The van der Waals surface area contributed by atoms with Crippen LogP contribution in [0.2, 0.25) is 5.15 Å². The minimum Gasteiger partial charge on any atom is -0.497 e. The third kappa shape index (κ3) is 5.99. The van der Waals surface area contributed by atoms with Crippen LogP contribution < -0.4 is 20.3 Å². The van der Waals surface area contributed by atoms with Gasteiger partial charge in [0.1, 0.15) is 16.7 Å². The maximum atomic E-state index is 12.3. The molecule has 2 N–H and O–H groups in total. The SMILES string of the molecule is COc1cc(OC)cc(C(=O)NNC(=O)/C=C/c2c(C)nn(CC(C)C)c2Cl)c1. The molecule has 1 heterocycles. The number of benzene rings is 1. The number of methoxy groups -OCH3 is 2. The largest absolute Gasteiger partial charge is 0.497 e. The van der Waals surface area contributed by atoms with E-state index >= 15 is 0 Å². The number of hydrazine groups is 1. The molecule has 0 aliphatic rings. The Labute approximate surface area is 174 Å². The molecule has 2 amide bonds. The van der Waals surface area contributed by atoms with Crippen molar-refractivity contribution in [1.82, 2.24) is 20.6 Å². The van der Waals surface area contributed by atoms with Crippen molar-refractivity contribution < 1.29 is 19.1 Å². The van der Waals surface area contributed by atoms with Crippen LogP contribution >= 0.6 is 11.6 Å². The molecule has 0 unspecified atom stereocenters. The van der Waals surface area contributed by atoms with Crippen LogP contribution in [0.5, 0.6) is 11.5 Å². The van der Waals surface area contributed by atoms with E-state index in [1.165, 1.54) is 32.4 Å². The Morgan fingerprint density at radius 3 is 2.34 bits per heavy atom. The number of halogens is 1. The molecule has 1 aromatic carbocycles. The molecule has 2 rings (SSSR count). The Bertz CT molecular complexity index is 899. The van der Waals surface area contributed by atoms with Crippen molar-refractivity contribution >= 4 is 29.5 Å². The highest BCUT2D eigenvalue weighted by Crippen LogP contribution is 2.23. The number of carbonyl (C=O) groups excluding carboxylic acids is 2. The molecule has 0 spiro atoms. The lowest BCUT2D eigenvalue weighted by Crippen LogP contribution is -2.40. The summed E-state index contributed by atoms with van der Waals surface area (Å²) in [5.41, 5.74) is 6.32. The van der Waals surface area contributed by atoms with Gasteiger partial charge in [-0.15, -0.1) is 0 Å². The van der Waals surface area contributed by atoms with Crippen LogP contribution in [0.25, 0.3) is 6.08 Å². The minimum absolute atomic E-state index is 0.277. The number of nitrogens with one attached hydrogen (secondary N) is 2. The summed E-state index contributed by atoms with van der Waals surface area (Å²) in [7, 11) is 2.97. The van der Waals surface area contributed by atoms with Crippen molar-refractivity contribution in [3.63, 3.8) is 0 Å². The first-order valence-electron chi connectivity index (χ1n) is 8.99. The van der Waals surface area contributed by atoms with Gasteiger partial charge in [-0.1, -0.05) is 25.4 Å². The average molecular weight is 421 g/mol. The summed E-state index contributed by atoms with van der Waals surface area (Å²) in [5, 5.41) is 4.85. The van der Waals surface area contributed by atoms with Crippen LogP contribution in [0, 0.1) is 12.8 Å². The Hall–Kier alpha value is -3.00. The molecule has 0 atom stereocenters. The first-order valence-corrected chi connectivity index (χ1v) is 9.37. The number of hydrogen-bond donors (Lipinski definition) is 2. The lowest BCUT2D eigenvalue weighted by Gasteiger charge is -2.09. The minimum atomic E-state index is -0.514. The van der Waals surface area contributed by atoms with Crippen molar-refractivity contribution in [2.45, 2.75) is 27.3 Å². The van der Waals surface area contributed by atoms with Gasteiger partial charge < -0.3 is 9.47 Å². The van der Waals surface area contributed by atoms with Crippen molar-refractivity contribution in [2.75, 3.05) is 14.2 Å². The lowest BCUT2D eigenvalue weighted by atomic mass is 10.2. The van der Waals surface area contributed by atoms with Gasteiger partial charge in [0.2, 0.25) is 0 Å². The smallest absolute Gasteiger partial charge is 0.269 e. The van der Waals surface area contributed by atoms with E-state index in [-0.39, 0.29) is 5.56 Å². The van der Waals surface area contributed by atoms with Gasteiger partial charge in [-0.25, -0.2) is 0 Å². The lowest BCUT2D eigenvalue weighted by molar-refractivity contribution is -0.117. The monoisotopic (exact) mass is 420 g/mol. The van der Waals surface area contributed by atoms with Gasteiger partial charge >= 0.3 is 0 Å². The van der Waals surface area contributed by atoms with Gasteiger partial charge in [-0.05, 0) is 31.1 Å². The van der Waals surface area contributed by atoms with E-state index < -0.39 is 11.8 Å². The van der Waals surface area contributed by atoms with Crippen molar-refractivity contribution in [3.8, 4) is 11.5 Å². The molecule has 0 saturated heterocycles. The number of rotatable bonds is 7. The highest BCUT2D eigenvalue weighted by Gasteiger charge is 2.13. The molecule has 156 valence electrons. The predicted molar refractivity (Wildman–Crippen MR) is 111 cm³/mol. The highest BCUT2D eigenvalue weighted by atomic mass is 35.5. The van der Waals surface area contributed by atoms with Crippen LogP contribution in [0.1, 0.15) is 35.5 Å². The van der Waals surface area contributed by atoms with Crippen molar-refractivity contribution in [2.24, 2.45) is 5.92 Å². The van der Waals surface area contributed by atoms with Crippen molar-refractivity contribution in [3.05, 3.63) is 46.2 Å². The molecule has 29 heavy (non-hydrogen) atoms. The number of aromatic nitrogens is 2. The Morgan fingerprint density at radius 2 is 1.79 bits per heavy atom. The zero-order valence-corrected chi connectivity index (χ0v) is 17.8. The second-order valence-corrected chi connectivity index (χ2v) is 7.10. The van der Waals surface area contributed by atoms with E-state index in [0.717, 1.165) is 0 Å². The zero-order chi connectivity index (χ0) is 21.6. The van der Waals surface area contributed by atoms with Crippen LogP contribution in [0.4, 0.5) is 0 Å². The van der Waals surface area contributed by atoms with E-state index in [0.29, 0.717) is 40.4 Å². The molecule has 0 bridgehead atoms. The molecule has 8 nitrogen and oxygen atoms in total. The Morgan fingerprint density at radius 1 is 1.17 bits per heavy atom. The Kier molecular flexibility index (Phi) is 7.67. The van der Waals surface area contributed by atoms with E-state index in [1.54, 1.807) is 16.8 Å². The molecule has 9 heteroatoms. The quantitative estimate of drug-likeness (QED) is 0.530. The van der Waals surface area contributed by atoms with E-state index in [1.807, 2.05) is 6.92 Å². The molecule has 2 aromatic rings. The summed E-state index contributed by atoms with van der Waals surface area (Å²) in [6, 6.07) is 4.71. The molecule has 0 radical (unpaired) electrons. The molecule has 0 fully saturated rings. The van der Waals surface area contributed by atoms with Gasteiger partial charge in [0.25, 0.3) is 11.8 Å². The third-order valence-corrected chi connectivity index (χ3v) is 4.36. The van der Waals surface area contributed by atoms with Crippen LogP contribution in [0.15, 0.2) is 24.3 Å². The van der Waals surface area contributed by atoms with Gasteiger partial charge in [0, 0.05) is 29.8 Å². The van der Waals surface area contributed by atoms with Gasteiger partial charge in [0.15, 0.2) is 0 Å². The number of carbonyl (C=O) groups is 2. The normalized spacial score (nSPS) is 11.0. The summed E-state index contributed by atoms with van der Waals surface area (Å²) in [6.07, 6.45) is 2.85. The van der Waals surface area contributed by atoms with Gasteiger partial charge in [-0.3, -0.25) is 25.1 Å². The summed E-state index contributed by atoms with van der Waals surface area (Å²) in [5.74, 6) is 0.286. The fraction of sp³-hybridized carbons (Fsp3) is 0.350. The first kappa shape index (κ1) is 22.3. The second-order valence-electron chi connectivity index (χ2n) is 6.74. The fourth-order valence-electron chi connectivity index (χ4n) is 2.55. The van der Waals surface area contributed by atoms with Crippen LogP contribution in [-0.4, -0.2) is 35.8 Å². The number of aryl methyl sites for hydroxylation is 1. The zero-order valence-electron chi connectivity index (χ0n) is 17.1. The maximum Gasteiger partial charge on any atom is 0.269 e. The fourth-order valence-corrected chi connectivity index (χ4v) is 2.86. The number of hydrogen-bond acceptors (Lipinski definition) is 5. The predicted octanol–water partition coefficient (Wildman–Crippen LogP) is 2.99. The standard InChI is InChI=1S/C20H25ClN4O4/c1-12(2)11-25-19(21)17(13(3)24-25)6-7-18(26)22-23-20(27)14-8-15(28-4)10-16(9-14)29-5/h6-10,12H,11H2,1-5H3,(H,22,26)(H,23,27)/b7-6+. The third-order valence-electron chi connectivity index (χ3n) is 3.96. The number of nitrogens with zero attached hydrogens (tertiary/aromatic N) is 2. The molecule has 0 aliphatic carbocycles. The second kappa shape index (κ2) is 9.97. The molecule has 1 aromatic heterocycles. The molecular weight excluding hydrogens is 396 g/mol. The van der Waals surface area contributed by atoms with E-state index in [9.17, 15) is 9.59 Å². The summed E-state index contributed by atoms with van der Waals surface area (Å²) in [4.78, 5) is 24.4. The first-order chi connectivity index (χ1) is 13.7. The van der Waals surface area contributed by atoms with Crippen molar-refractivity contribution in [1.29, 1.82) is 0 Å². The van der Waals surface area contributed by atoms with Crippen LogP contribution in [0.3, 0.4) is 0 Å². The number of amides is 2. The molecular formula is C20H25ClN4O4. The van der Waals surface area contributed by atoms with Crippen LogP contribution in [-0.2, 0) is 11.3 Å². The highest BCUT2D eigenvalue weighted by molar-refractivity contribution is 6.31. The number of ether oxygens (including phenoxy) is 2. The van der Waals surface area contributed by atoms with Gasteiger partial charge in [-0.2, -0.15) is 5.10 Å². The summed E-state index contributed by atoms with van der Waals surface area (Å²) < 4.78 is 12.0. The Balaban J connectivity index is 2.01. The van der Waals surface area contributed by atoms with E-state index in [2.05, 4.69) is 29.8 Å². The topological polar surface area (TPSA) is 94.5 Å². The van der Waals surface area contributed by atoms with E-state index in [4.69, 9.17) is 21.1 Å².